The van der Waals surface area contributed by atoms with Gasteiger partial charge in [0.15, 0.2) is 0 Å². The van der Waals surface area contributed by atoms with Crippen LogP contribution in [0.25, 0.3) is 0 Å². The average Bonchev–Trinajstić information content (AvgIpc) is 2.31. The number of nitrogens with zero attached hydrogens (tertiary/aromatic N) is 1. The molecule has 2 nitrogen and oxygen atoms in total. The van der Waals surface area contributed by atoms with Crippen LogP contribution in [0.5, 0.6) is 0 Å². The van der Waals surface area contributed by atoms with E-state index in [1.807, 2.05) is 0 Å². The second kappa shape index (κ2) is 5.48. The van der Waals surface area contributed by atoms with Crippen LogP contribution in [0.3, 0.4) is 0 Å². The molecule has 1 N–H and O–H groups in total. The van der Waals surface area contributed by atoms with Crippen LogP contribution in [-0.4, -0.2) is 11.0 Å². The predicted octanol–water partition coefficient (Wildman–Crippen LogP) is 4.78. The fraction of sp³-hybridized carbons (Fsp3) is 0.667. The molecule has 3 heteroatoms. The highest BCUT2D eigenvalue weighted by Gasteiger charge is 2.19. The van der Waals surface area contributed by atoms with Crippen LogP contribution in [0.4, 0.5) is 5.82 Å². The first-order valence-electron chi connectivity index (χ1n) is 6.89. The Bertz CT molecular complexity index is 403. The van der Waals surface area contributed by atoms with Gasteiger partial charge in [0.2, 0.25) is 0 Å². The van der Waals surface area contributed by atoms with Gasteiger partial charge in [-0.1, -0.05) is 51.6 Å². The largest absolute Gasteiger partial charge is 0.367 e. The maximum atomic E-state index is 6.23. The van der Waals surface area contributed by atoms with Crippen LogP contribution in [-0.2, 0) is 5.41 Å². The smallest absolute Gasteiger partial charge is 0.126 e. The Balaban J connectivity index is 2.14. The Morgan fingerprint density at radius 1 is 1.22 bits per heavy atom. The van der Waals surface area contributed by atoms with Gasteiger partial charge < -0.3 is 5.32 Å². The minimum Gasteiger partial charge on any atom is -0.367 e. The van der Waals surface area contributed by atoms with E-state index in [0.29, 0.717) is 6.04 Å². The van der Waals surface area contributed by atoms with Gasteiger partial charge in [0.05, 0.1) is 5.02 Å². The third-order valence-electron chi connectivity index (χ3n) is 3.62. The first-order chi connectivity index (χ1) is 8.47. The number of nitrogens with one attached hydrogen (secondary N) is 1. The van der Waals surface area contributed by atoms with Crippen molar-refractivity contribution in [3.63, 3.8) is 0 Å². The summed E-state index contributed by atoms with van der Waals surface area (Å²) in [6.45, 7) is 6.54. The summed E-state index contributed by atoms with van der Waals surface area (Å²) in [5, 5.41) is 4.31. The van der Waals surface area contributed by atoms with E-state index in [1.165, 1.54) is 32.1 Å². The van der Waals surface area contributed by atoms with E-state index in [4.69, 9.17) is 11.6 Å². The zero-order chi connectivity index (χ0) is 13.2. The fourth-order valence-electron chi connectivity index (χ4n) is 2.55. The highest BCUT2D eigenvalue weighted by molar-refractivity contribution is 6.31. The summed E-state index contributed by atoms with van der Waals surface area (Å²) in [5.74, 6) is 0.969. The van der Waals surface area contributed by atoms with Gasteiger partial charge in [0.1, 0.15) is 5.82 Å². The lowest BCUT2D eigenvalue weighted by molar-refractivity contribution is 0.461. The van der Waals surface area contributed by atoms with Crippen molar-refractivity contribution in [1.82, 2.24) is 4.98 Å². The molecule has 1 aromatic heterocycles. The summed E-state index contributed by atoms with van der Waals surface area (Å²) in [5.41, 5.74) is 1.22. The second-order valence-electron chi connectivity index (χ2n) is 6.28. The molecule has 1 aliphatic rings. The quantitative estimate of drug-likeness (QED) is 0.833. The summed E-state index contributed by atoms with van der Waals surface area (Å²) in [6, 6.07) is 2.69. The molecule has 1 saturated carbocycles. The molecule has 0 aliphatic heterocycles. The topological polar surface area (TPSA) is 24.9 Å². The minimum atomic E-state index is 0.0585. The van der Waals surface area contributed by atoms with Crippen molar-refractivity contribution in [2.45, 2.75) is 64.3 Å². The third-order valence-corrected chi connectivity index (χ3v) is 3.92. The van der Waals surface area contributed by atoms with Crippen molar-refractivity contribution >= 4 is 17.4 Å². The van der Waals surface area contributed by atoms with E-state index in [-0.39, 0.29) is 5.41 Å². The van der Waals surface area contributed by atoms with Crippen LogP contribution in [0.15, 0.2) is 12.3 Å². The lowest BCUT2D eigenvalue weighted by Gasteiger charge is -2.25. The molecule has 2 rings (SSSR count). The van der Waals surface area contributed by atoms with Gasteiger partial charge in [-0.05, 0) is 29.9 Å². The van der Waals surface area contributed by atoms with Gasteiger partial charge in [-0.2, -0.15) is 0 Å². The molecule has 1 aliphatic carbocycles. The maximum Gasteiger partial charge on any atom is 0.126 e. The second-order valence-corrected chi connectivity index (χ2v) is 6.69. The van der Waals surface area contributed by atoms with Gasteiger partial charge in [-0.15, -0.1) is 0 Å². The molecule has 0 aromatic carbocycles. The molecule has 0 radical (unpaired) electrons. The fourth-order valence-corrected chi connectivity index (χ4v) is 2.94. The SMILES string of the molecule is CC(C)(C)c1cc(NC2CCCCC2)ncc1Cl. The van der Waals surface area contributed by atoms with Crippen LogP contribution in [0, 0.1) is 0 Å². The third kappa shape index (κ3) is 3.38. The van der Waals surface area contributed by atoms with Crippen molar-refractivity contribution in [3.8, 4) is 0 Å². The Kier molecular flexibility index (Phi) is 4.16. The molecule has 0 atom stereocenters. The van der Waals surface area contributed by atoms with E-state index in [1.54, 1.807) is 6.20 Å². The highest BCUT2D eigenvalue weighted by Crippen LogP contribution is 2.31. The molecule has 1 aromatic rings. The van der Waals surface area contributed by atoms with Crippen molar-refractivity contribution in [1.29, 1.82) is 0 Å². The molecular weight excluding hydrogens is 244 g/mol. The zero-order valence-corrected chi connectivity index (χ0v) is 12.3. The predicted molar refractivity (Wildman–Crippen MR) is 78.4 cm³/mol. The summed E-state index contributed by atoms with van der Waals surface area (Å²) in [7, 11) is 0. The minimum absolute atomic E-state index is 0.0585. The number of aromatic nitrogens is 1. The molecule has 0 saturated heterocycles. The van der Waals surface area contributed by atoms with Crippen molar-refractivity contribution in [3.05, 3.63) is 22.8 Å². The Labute approximate surface area is 115 Å². The Hall–Kier alpha value is -0.760. The van der Waals surface area contributed by atoms with E-state index in [2.05, 4.69) is 37.1 Å². The van der Waals surface area contributed by atoms with E-state index in [0.717, 1.165) is 16.4 Å². The summed E-state index contributed by atoms with van der Waals surface area (Å²) >= 11 is 6.23. The standard InChI is InChI=1S/C15H23ClN2/c1-15(2,3)12-9-14(17-10-13(12)16)18-11-7-5-4-6-8-11/h9-11H,4-8H2,1-3H3,(H,17,18). The lowest BCUT2D eigenvalue weighted by Crippen LogP contribution is -2.23. The summed E-state index contributed by atoms with van der Waals surface area (Å²) < 4.78 is 0. The van der Waals surface area contributed by atoms with Gasteiger partial charge in [-0.25, -0.2) is 4.98 Å². The molecule has 0 bridgehead atoms. The molecule has 1 fully saturated rings. The normalized spacial score (nSPS) is 17.8. The molecule has 100 valence electrons. The summed E-state index contributed by atoms with van der Waals surface area (Å²) in [6.07, 6.45) is 8.33. The number of anilines is 1. The molecular formula is C15H23ClN2. The van der Waals surface area contributed by atoms with Crippen molar-refractivity contribution in [2.75, 3.05) is 5.32 Å². The van der Waals surface area contributed by atoms with Gasteiger partial charge in [0.25, 0.3) is 0 Å². The highest BCUT2D eigenvalue weighted by atomic mass is 35.5. The first kappa shape index (κ1) is 13.7. The van der Waals surface area contributed by atoms with Crippen LogP contribution in [0.1, 0.15) is 58.4 Å². The van der Waals surface area contributed by atoms with Gasteiger partial charge in [0, 0.05) is 12.2 Å². The van der Waals surface area contributed by atoms with Crippen LogP contribution >= 0.6 is 11.6 Å². The number of hydrogen-bond acceptors (Lipinski definition) is 2. The monoisotopic (exact) mass is 266 g/mol. The van der Waals surface area contributed by atoms with E-state index >= 15 is 0 Å². The molecule has 0 unspecified atom stereocenters. The van der Waals surface area contributed by atoms with Gasteiger partial charge in [-0.3, -0.25) is 0 Å². The van der Waals surface area contributed by atoms with E-state index < -0.39 is 0 Å². The zero-order valence-electron chi connectivity index (χ0n) is 11.6. The van der Waals surface area contributed by atoms with E-state index in [9.17, 15) is 0 Å². The molecule has 1 heterocycles. The molecule has 0 spiro atoms. The average molecular weight is 267 g/mol. The number of hydrogen-bond donors (Lipinski definition) is 1. The Morgan fingerprint density at radius 3 is 2.50 bits per heavy atom. The first-order valence-corrected chi connectivity index (χ1v) is 7.27. The van der Waals surface area contributed by atoms with Crippen LogP contribution < -0.4 is 5.32 Å². The molecule has 18 heavy (non-hydrogen) atoms. The summed E-state index contributed by atoms with van der Waals surface area (Å²) in [4.78, 5) is 4.40. The maximum absolute atomic E-state index is 6.23. The number of rotatable bonds is 2. The van der Waals surface area contributed by atoms with Gasteiger partial charge >= 0.3 is 0 Å². The molecule has 0 amide bonds. The van der Waals surface area contributed by atoms with Crippen molar-refractivity contribution in [2.24, 2.45) is 0 Å². The number of pyridine rings is 1. The lowest BCUT2D eigenvalue weighted by atomic mass is 9.87. The van der Waals surface area contributed by atoms with Crippen molar-refractivity contribution < 1.29 is 0 Å². The Morgan fingerprint density at radius 2 is 1.89 bits per heavy atom. The number of halogens is 1. The van der Waals surface area contributed by atoms with Crippen LogP contribution in [0.2, 0.25) is 5.02 Å².